The molecule has 0 aromatic heterocycles. The third-order valence-corrected chi connectivity index (χ3v) is 4.71. The Bertz CT molecular complexity index is 1040. The van der Waals surface area contributed by atoms with E-state index in [-0.39, 0.29) is 31.1 Å². The molecule has 0 unspecified atom stereocenters. The highest BCUT2D eigenvalue weighted by molar-refractivity contribution is 9.10. The molecule has 0 amide bonds. The first kappa shape index (κ1) is 22.4. The summed E-state index contributed by atoms with van der Waals surface area (Å²) in [5, 5.41) is 0. The van der Waals surface area contributed by atoms with Crippen molar-refractivity contribution in [2.45, 2.75) is 6.92 Å². The van der Waals surface area contributed by atoms with E-state index < -0.39 is 11.9 Å². The monoisotopic (exact) mass is 484 g/mol. The fourth-order valence-corrected chi connectivity index (χ4v) is 3.23. The lowest BCUT2D eigenvalue weighted by molar-refractivity contribution is -0.136. The average molecular weight is 485 g/mol. The van der Waals surface area contributed by atoms with Crippen molar-refractivity contribution >= 4 is 27.9 Å². The van der Waals surface area contributed by atoms with E-state index in [1.54, 1.807) is 18.2 Å². The van der Waals surface area contributed by atoms with Crippen LogP contribution >= 0.6 is 15.9 Å². The molecule has 0 aliphatic heterocycles. The average Bonchev–Trinajstić information content (AvgIpc) is 2.77. The first-order chi connectivity index (χ1) is 15.0. The normalized spacial score (nSPS) is 10.3. The van der Waals surface area contributed by atoms with Crippen LogP contribution in [-0.4, -0.2) is 31.8 Å². The highest BCUT2D eigenvalue weighted by atomic mass is 79.9. The fraction of sp³-hybridized carbons (Fsp3) is 0.167. The summed E-state index contributed by atoms with van der Waals surface area (Å²) in [5.41, 5.74) is 1.20. The second kappa shape index (κ2) is 11.2. The lowest BCUT2D eigenvalue weighted by atomic mass is 10.2. The van der Waals surface area contributed by atoms with E-state index in [2.05, 4.69) is 15.9 Å². The van der Waals surface area contributed by atoms with Gasteiger partial charge in [-0.2, -0.15) is 0 Å². The standard InChI is InChI=1S/C24H21BrO6/c1-17-11-12-22(20(25)15-17)30-16-23(26)31-21-10-6-5-9-19(21)24(27)29-14-13-28-18-7-3-2-4-8-18/h2-12,15H,13-14,16H2,1H3. The van der Waals surface area contributed by atoms with Crippen LogP contribution in [0.2, 0.25) is 0 Å². The van der Waals surface area contributed by atoms with E-state index in [0.29, 0.717) is 11.5 Å². The molecule has 0 radical (unpaired) electrons. The molecule has 0 atom stereocenters. The molecule has 6 nitrogen and oxygen atoms in total. The van der Waals surface area contributed by atoms with Gasteiger partial charge in [0.25, 0.3) is 0 Å². The number of benzene rings is 3. The highest BCUT2D eigenvalue weighted by Gasteiger charge is 2.17. The molecule has 0 spiro atoms. The Kier molecular flexibility index (Phi) is 8.06. The highest BCUT2D eigenvalue weighted by Crippen LogP contribution is 2.26. The summed E-state index contributed by atoms with van der Waals surface area (Å²) in [6, 6.07) is 21.1. The van der Waals surface area contributed by atoms with Crippen LogP contribution in [0.25, 0.3) is 0 Å². The molecule has 3 aromatic rings. The lowest BCUT2D eigenvalue weighted by Crippen LogP contribution is -2.20. The Balaban J connectivity index is 1.51. The molecular formula is C24H21BrO6. The maximum atomic E-state index is 12.4. The van der Waals surface area contributed by atoms with Crippen LogP contribution in [0, 0.1) is 6.92 Å². The van der Waals surface area contributed by atoms with E-state index in [0.717, 1.165) is 10.0 Å². The number of esters is 2. The minimum atomic E-state index is -0.639. The van der Waals surface area contributed by atoms with Gasteiger partial charge in [0.1, 0.15) is 36.0 Å². The molecule has 0 fully saturated rings. The summed E-state index contributed by atoms with van der Waals surface area (Å²) in [6.07, 6.45) is 0. The number of carbonyl (C=O) groups excluding carboxylic acids is 2. The van der Waals surface area contributed by atoms with Crippen molar-refractivity contribution in [3.8, 4) is 17.2 Å². The molecule has 0 bridgehead atoms. The molecule has 0 saturated heterocycles. The van der Waals surface area contributed by atoms with Crippen molar-refractivity contribution in [2.75, 3.05) is 19.8 Å². The Morgan fingerprint density at radius 1 is 0.839 bits per heavy atom. The van der Waals surface area contributed by atoms with Gasteiger partial charge in [-0.1, -0.05) is 36.4 Å². The Morgan fingerprint density at radius 2 is 1.58 bits per heavy atom. The molecule has 0 aliphatic carbocycles. The Morgan fingerprint density at radius 3 is 2.35 bits per heavy atom. The van der Waals surface area contributed by atoms with Gasteiger partial charge in [0.05, 0.1) is 4.47 Å². The van der Waals surface area contributed by atoms with Crippen molar-refractivity contribution in [3.05, 3.63) is 88.4 Å². The van der Waals surface area contributed by atoms with Crippen LogP contribution < -0.4 is 14.2 Å². The van der Waals surface area contributed by atoms with Crippen molar-refractivity contribution in [1.82, 2.24) is 0 Å². The number of carbonyl (C=O) groups is 2. The molecule has 0 heterocycles. The minimum absolute atomic E-state index is 0.0561. The zero-order valence-corrected chi connectivity index (χ0v) is 18.5. The van der Waals surface area contributed by atoms with E-state index in [4.69, 9.17) is 18.9 Å². The molecule has 0 N–H and O–H groups in total. The summed E-state index contributed by atoms with van der Waals surface area (Å²) < 4.78 is 22.3. The summed E-state index contributed by atoms with van der Waals surface area (Å²) in [4.78, 5) is 24.6. The third kappa shape index (κ3) is 6.86. The van der Waals surface area contributed by atoms with E-state index in [1.165, 1.54) is 12.1 Å². The molecule has 3 rings (SSSR count). The first-order valence-electron chi connectivity index (χ1n) is 9.56. The smallest absolute Gasteiger partial charge is 0.349 e. The maximum Gasteiger partial charge on any atom is 0.349 e. The van der Waals surface area contributed by atoms with Crippen molar-refractivity contribution < 1.29 is 28.5 Å². The van der Waals surface area contributed by atoms with Gasteiger partial charge in [-0.15, -0.1) is 0 Å². The van der Waals surface area contributed by atoms with Crippen molar-refractivity contribution in [2.24, 2.45) is 0 Å². The second-order valence-corrected chi connectivity index (χ2v) is 7.34. The number of rotatable bonds is 9. The van der Waals surface area contributed by atoms with Crippen LogP contribution in [0.5, 0.6) is 17.2 Å². The van der Waals surface area contributed by atoms with E-state index in [9.17, 15) is 9.59 Å². The van der Waals surface area contributed by atoms with Gasteiger partial charge in [-0.05, 0) is 64.8 Å². The zero-order chi connectivity index (χ0) is 22.1. The van der Waals surface area contributed by atoms with Crippen molar-refractivity contribution in [1.29, 1.82) is 0 Å². The molecule has 7 heteroatoms. The SMILES string of the molecule is Cc1ccc(OCC(=O)Oc2ccccc2C(=O)OCCOc2ccccc2)c(Br)c1. The number of ether oxygens (including phenoxy) is 4. The van der Waals surface area contributed by atoms with E-state index >= 15 is 0 Å². The predicted molar refractivity (Wildman–Crippen MR) is 119 cm³/mol. The van der Waals surface area contributed by atoms with E-state index in [1.807, 2.05) is 49.4 Å². The van der Waals surface area contributed by atoms with Crippen LogP contribution in [-0.2, 0) is 9.53 Å². The largest absolute Gasteiger partial charge is 0.490 e. The lowest BCUT2D eigenvalue weighted by Gasteiger charge is -2.12. The molecule has 0 aliphatic rings. The van der Waals surface area contributed by atoms with Crippen LogP contribution in [0.4, 0.5) is 0 Å². The van der Waals surface area contributed by atoms with Gasteiger partial charge in [-0.3, -0.25) is 0 Å². The van der Waals surface area contributed by atoms with Crippen LogP contribution in [0.1, 0.15) is 15.9 Å². The van der Waals surface area contributed by atoms with Gasteiger partial charge in [0.2, 0.25) is 0 Å². The van der Waals surface area contributed by atoms with Gasteiger partial charge in [0.15, 0.2) is 6.61 Å². The Labute approximate surface area is 188 Å². The molecule has 3 aromatic carbocycles. The fourth-order valence-electron chi connectivity index (χ4n) is 2.62. The molecule has 0 saturated carbocycles. The summed E-state index contributed by atoms with van der Waals surface area (Å²) in [6.45, 7) is 1.90. The Hall–Kier alpha value is -3.32. The summed E-state index contributed by atoms with van der Waals surface area (Å²) >= 11 is 3.39. The molecular weight excluding hydrogens is 464 g/mol. The quantitative estimate of drug-likeness (QED) is 0.242. The van der Waals surface area contributed by atoms with Crippen molar-refractivity contribution in [3.63, 3.8) is 0 Å². The summed E-state index contributed by atoms with van der Waals surface area (Å²) in [7, 11) is 0. The van der Waals surface area contributed by atoms with Crippen LogP contribution in [0.3, 0.4) is 0 Å². The zero-order valence-electron chi connectivity index (χ0n) is 16.9. The number of hydrogen-bond acceptors (Lipinski definition) is 6. The van der Waals surface area contributed by atoms with Gasteiger partial charge in [0, 0.05) is 0 Å². The number of hydrogen-bond donors (Lipinski definition) is 0. The van der Waals surface area contributed by atoms with Gasteiger partial charge >= 0.3 is 11.9 Å². The second-order valence-electron chi connectivity index (χ2n) is 6.49. The van der Waals surface area contributed by atoms with Crippen LogP contribution in [0.15, 0.2) is 77.3 Å². The number of aryl methyl sites for hydroxylation is 1. The summed E-state index contributed by atoms with van der Waals surface area (Å²) in [5.74, 6) is 0.0669. The predicted octanol–water partition coefficient (Wildman–Crippen LogP) is 4.98. The third-order valence-electron chi connectivity index (χ3n) is 4.09. The topological polar surface area (TPSA) is 71.1 Å². The minimum Gasteiger partial charge on any atom is -0.490 e. The molecule has 160 valence electrons. The number of halogens is 1. The first-order valence-corrected chi connectivity index (χ1v) is 10.4. The maximum absolute atomic E-state index is 12.4. The molecule has 31 heavy (non-hydrogen) atoms. The van der Waals surface area contributed by atoms with Gasteiger partial charge in [-0.25, -0.2) is 9.59 Å². The van der Waals surface area contributed by atoms with Gasteiger partial charge < -0.3 is 18.9 Å². The number of para-hydroxylation sites is 2.